The summed E-state index contributed by atoms with van der Waals surface area (Å²) in [7, 11) is 0. The van der Waals surface area contributed by atoms with E-state index in [1.165, 1.54) is 12.8 Å². The lowest BCUT2D eigenvalue weighted by molar-refractivity contribution is 0.544. The molecule has 1 unspecified atom stereocenters. The van der Waals surface area contributed by atoms with Crippen molar-refractivity contribution < 1.29 is 0 Å². The van der Waals surface area contributed by atoms with E-state index in [1.807, 2.05) is 17.8 Å². The molecule has 1 aliphatic carbocycles. The first-order chi connectivity index (χ1) is 6.29. The molecule has 0 spiro atoms. The highest BCUT2D eigenvalue weighted by Crippen LogP contribution is 2.30. The topological polar surface area (TPSA) is 30.7 Å². The number of rotatable bonds is 3. The van der Waals surface area contributed by atoms with E-state index in [4.69, 9.17) is 6.42 Å². The number of hydrogen-bond acceptors (Lipinski definition) is 2. The molecule has 0 N–H and O–H groups in total. The highest BCUT2D eigenvalue weighted by Gasteiger charge is 2.22. The number of terminal acetylenes is 1. The normalized spacial score (nSPS) is 18.2. The third kappa shape index (κ3) is 1.89. The molecule has 3 heteroatoms. The van der Waals surface area contributed by atoms with Crippen LogP contribution in [0.4, 0.5) is 0 Å². The monoisotopic (exact) mass is 175 g/mol. The maximum absolute atomic E-state index is 5.30. The Morgan fingerprint density at radius 3 is 3.15 bits per heavy atom. The van der Waals surface area contributed by atoms with Gasteiger partial charge in [-0.15, -0.1) is 11.5 Å². The highest BCUT2D eigenvalue weighted by molar-refractivity contribution is 5.13. The fourth-order valence-corrected chi connectivity index (χ4v) is 1.25. The van der Waals surface area contributed by atoms with Crippen LogP contribution in [0, 0.1) is 18.3 Å². The predicted molar refractivity (Wildman–Crippen MR) is 50.0 cm³/mol. The largest absolute Gasteiger partial charge is 0.252 e. The summed E-state index contributed by atoms with van der Waals surface area (Å²) >= 11 is 0. The summed E-state index contributed by atoms with van der Waals surface area (Å²) in [6, 6.07) is 0. The van der Waals surface area contributed by atoms with Gasteiger partial charge in [-0.1, -0.05) is 11.1 Å². The molecule has 1 heterocycles. The molecule has 1 aromatic heterocycles. The third-order valence-electron chi connectivity index (χ3n) is 2.39. The number of aromatic nitrogens is 3. The maximum Gasteiger partial charge on any atom is 0.0974 e. The molecule has 0 saturated heterocycles. The lowest BCUT2D eigenvalue weighted by Crippen LogP contribution is -1.99. The standard InChI is InChI=1S/C10H13N3/c1-3-8(2)10-7-13(12-11-10)6-9-4-5-9/h1,7-9H,4-6H2,2H3. The summed E-state index contributed by atoms with van der Waals surface area (Å²) in [6.45, 7) is 2.97. The average molecular weight is 175 g/mol. The molecule has 1 fully saturated rings. The van der Waals surface area contributed by atoms with Gasteiger partial charge in [-0.3, -0.25) is 4.68 Å². The van der Waals surface area contributed by atoms with Gasteiger partial charge in [0.1, 0.15) is 0 Å². The summed E-state index contributed by atoms with van der Waals surface area (Å²) in [6.07, 6.45) is 9.93. The van der Waals surface area contributed by atoms with Crippen molar-refractivity contribution in [2.75, 3.05) is 0 Å². The Labute approximate surface area is 78.1 Å². The molecule has 13 heavy (non-hydrogen) atoms. The van der Waals surface area contributed by atoms with E-state index in [2.05, 4.69) is 16.2 Å². The highest BCUT2D eigenvalue weighted by atomic mass is 15.4. The Hall–Kier alpha value is -1.30. The van der Waals surface area contributed by atoms with Crippen molar-refractivity contribution in [2.45, 2.75) is 32.2 Å². The van der Waals surface area contributed by atoms with E-state index in [0.717, 1.165) is 18.2 Å². The van der Waals surface area contributed by atoms with E-state index >= 15 is 0 Å². The lowest BCUT2D eigenvalue weighted by atomic mass is 10.1. The molecule has 3 nitrogen and oxygen atoms in total. The Bertz CT molecular complexity index is 330. The molecular weight excluding hydrogens is 162 g/mol. The van der Waals surface area contributed by atoms with Crippen molar-refractivity contribution in [3.63, 3.8) is 0 Å². The zero-order chi connectivity index (χ0) is 9.26. The predicted octanol–water partition coefficient (Wildman–Crippen LogP) is 1.42. The van der Waals surface area contributed by atoms with Crippen LogP contribution >= 0.6 is 0 Å². The molecular formula is C10H13N3. The van der Waals surface area contributed by atoms with Crippen LogP contribution in [-0.4, -0.2) is 15.0 Å². The second kappa shape index (κ2) is 3.21. The van der Waals surface area contributed by atoms with Crippen LogP contribution in [0.1, 0.15) is 31.4 Å². The third-order valence-corrected chi connectivity index (χ3v) is 2.39. The molecule has 1 atom stereocenters. The van der Waals surface area contributed by atoms with Crippen LogP contribution in [0.3, 0.4) is 0 Å². The minimum Gasteiger partial charge on any atom is -0.252 e. The molecule has 1 saturated carbocycles. The van der Waals surface area contributed by atoms with Crippen LogP contribution in [0.5, 0.6) is 0 Å². The van der Waals surface area contributed by atoms with Gasteiger partial charge in [-0.05, 0) is 25.7 Å². The molecule has 0 radical (unpaired) electrons. The van der Waals surface area contributed by atoms with Gasteiger partial charge in [0.15, 0.2) is 0 Å². The first kappa shape index (κ1) is 8.31. The molecule has 0 aliphatic heterocycles. The summed E-state index contributed by atoms with van der Waals surface area (Å²) in [5, 5.41) is 8.07. The van der Waals surface area contributed by atoms with E-state index < -0.39 is 0 Å². The van der Waals surface area contributed by atoms with Gasteiger partial charge in [-0.2, -0.15) is 0 Å². The Kier molecular flexibility index (Phi) is 2.05. The summed E-state index contributed by atoms with van der Waals surface area (Å²) < 4.78 is 1.90. The zero-order valence-corrected chi connectivity index (χ0v) is 7.77. The van der Waals surface area contributed by atoms with Crippen LogP contribution in [0.2, 0.25) is 0 Å². The van der Waals surface area contributed by atoms with Crippen LogP contribution in [-0.2, 0) is 6.54 Å². The Morgan fingerprint density at radius 1 is 1.77 bits per heavy atom. The van der Waals surface area contributed by atoms with Crippen molar-refractivity contribution in [1.82, 2.24) is 15.0 Å². The van der Waals surface area contributed by atoms with E-state index in [9.17, 15) is 0 Å². The van der Waals surface area contributed by atoms with Gasteiger partial charge >= 0.3 is 0 Å². The molecule has 2 rings (SSSR count). The van der Waals surface area contributed by atoms with Gasteiger partial charge < -0.3 is 0 Å². The fourth-order valence-electron chi connectivity index (χ4n) is 1.25. The molecule has 0 bridgehead atoms. The van der Waals surface area contributed by atoms with Crippen molar-refractivity contribution in [3.05, 3.63) is 11.9 Å². The summed E-state index contributed by atoms with van der Waals surface area (Å²) in [4.78, 5) is 0. The minimum absolute atomic E-state index is 0.0768. The van der Waals surface area contributed by atoms with E-state index in [0.29, 0.717) is 0 Å². The maximum atomic E-state index is 5.30. The van der Waals surface area contributed by atoms with Gasteiger partial charge in [0.25, 0.3) is 0 Å². The fraction of sp³-hybridized carbons (Fsp3) is 0.600. The zero-order valence-electron chi connectivity index (χ0n) is 7.77. The second-order valence-electron chi connectivity index (χ2n) is 3.70. The van der Waals surface area contributed by atoms with Crippen molar-refractivity contribution in [2.24, 2.45) is 5.92 Å². The molecule has 1 aliphatic rings. The van der Waals surface area contributed by atoms with Crippen molar-refractivity contribution >= 4 is 0 Å². The van der Waals surface area contributed by atoms with Crippen LogP contribution in [0.15, 0.2) is 6.20 Å². The molecule has 0 amide bonds. The van der Waals surface area contributed by atoms with Gasteiger partial charge in [-0.25, -0.2) is 0 Å². The van der Waals surface area contributed by atoms with E-state index in [-0.39, 0.29) is 5.92 Å². The van der Waals surface area contributed by atoms with Gasteiger partial charge in [0, 0.05) is 12.7 Å². The quantitative estimate of drug-likeness (QED) is 0.650. The molecule has 0 aromatic carbocycles. The summed E-state index contributed by atoms with van der Waals surface area (Å²) in [5.74, 6) is 3.55. The second-order valence-corrected chi connectivity index (χ2v) is 3.70. The van der Waals surface area contributed by atoms with Crippen molar-refractivity contribution in [3.8, 4) is 12.3 Å². The van der Waals surface area contributed by atoms with Crippen molar-refractivity contribution in [1.29, 1.82) is 0 Å². The van der Waals surface area contributed by atoms with Crippen LogP contribution in [0.25, 0.3) is 0 Å². The minimum atomic E-state index is 0.0768. The lowest BCUT2D eigenvalue weighted by Gasteiger charge is -1.96. The van der Waals surface area contributed by atoms with Gasteiger partial charge in [0.2, 0.25) is 0 Å². The SMILES string of the molecule is C#CC(C)c1cn(CC2CC2)nn1. The average Bonchev–Trinajstić information content (AvgIpc) is 2.81. The Balaban J connectivity index is 2.04. The number of hydrogen-bond donors (Lipinski definition) is 0. The van der Waals surface area contributed by atoms with Crippen LogP contribution < -0.4 is 0 Å². The Morgan fingerprint density at radius 2 is 2.54 bits per heavy atom. The first-order valence-electron chi connectivity index (χ1n) is 4.65. The molecule has 1 aromatic rings. The first-order valence-corrected chi connectivity index (χ1v) is 4.65. The number of nitrogens with zero attached hydrogens (tertiary/aromatic N) is 3. The van der Waals surface area contributed by atoms with E-state index in [1.54, 1.807) is 0 Å². The smallest absolute Gasteiger partial charge is 0.0974 e. The summed E-state index contributed by atoms with van der Waals surface area (Å²) in [5.41, 5.74) is 0.906. The van der Waals surface area contributed by atoms with Gasteiger partial charge in [0.05, 0.1) is 11.6 Å². The molecule has 68 valence electrons.